The summed E-state index contributed by atoms with van der Waals surface area (Å²) < 4.78 is 5.72. The van der Waals surface area contributed by atoms with Crippen molar-refractivity contribution < 1.29 is 4.74 Å². The van der Waals surface area contributed by atoms with Gasteiger partial charge in [-0.3, -0.25) is 0 Å². The maximum atomic E-state index is 6.61. The number of thiophene rings is 1. The molecule has 0 aliphatic carbocycles. The summed E-state index contributed by atoms with van der Waals surface area (Å²) >= 11 is 8.38. The van der Waals surface area contributed by atoms with Gasteiger partial charge in [0.05, 0.1) is 11.5 Å². The van der Waals surface area contributed by atoms with Gasteiger partial charge in [0, 0.05) is 9.75 Å². The molecule has 1 nitrogen and oxygen atoms in total. The van der Waals surface area contributed by atoms with E-state index in [4.69, 9.17) is 16.3 Å². The molecular weight excluding hydrogens is 276 g/mol. The zero-order chi connectivity index (χ0) is 14.0. The summed E-state index contributed by atoms with van der Waals surface area (Å²) in [4.78, 5) is 2.52. The molecule has 0 saturated carbocycles. The van der Waals surface area contributed by atoms with Crippen LogP contribution in [-0.4, -0.2) is 6.10 Å². The molecule has 0 radical (unpaired) electrons. The van der Waals surface area contributed by atoms with Gasteiger partial charge in [-0.1, -0.05) is 12.1 Å². The Morgan fingerprint density at radius 1 is 1.16 bits per heavy atom. The van der Waals surface area contributed by atoms with Crippen LogP contribution in [0, 0.1) is 13.8 Å². The second kappa shape index (κ2) is 5.98. The van der Waals surface area contributed by atoms with Crippen molar-refractivity contribution in [3.8, 4) is 5.75 Å². The Kier molecular flexibility index (Phi) is 4.54. The first kappa shape index (κ1) is 14.4. The molecule has 3 heteroatoms. The number of benzene rings is 1. The molecule has 2 rings (SSSR count). The Labute approximate surface area is 124 Å². The first-order valence-electron chi connectivity index (χ1n) is 6.45. The third kappa shape index (κ3) is 3.52. The van der Waals surface area contributed by atoms with Gasteiger partial charge in [-0.25, -0.2) is 0 Å². The molecule has 1 atom stereocenters. The fraction of sp³-hybridized carbons (Fsp3) is 0.375. The largest absolute Gasteiger partial charge is 0.491 e. The van der Waals surface area contributed by atoms with E-state index >= 15 is 0 Å². The first-order valence-corrected chi connectivity index (χ1v) is 7.70. The van der Waals surface area contributed by atoms with E-state index in [-0.39, 0.29) is 11.5 Å². The smallest absolute Gasteiger partial charge is 0.120 e. The number of aryl methyl sites for hydroxylation is 2. The number of rotatable bonds is 4. The summed E-state index contributed by atoms with van der Waals surface area (Å²) in [6.07, 6.45) is 0.176. The summed E-state index contributed by atoms with van der Waals surface area (Å²) in [6.45, 7) is 8.28. The van der Waals surface area contributed by atoms with Crippen molar-refractivity contribution >= 4 is 22.9 Å². The van der Waals surface area contributed by atoms with Gasteiger partial charge >= 0.3 is 0 Å². The summed E-state index contributed by atoms with van der Waals surface area (Å²) in [6, 6.07) is 10.2. The zero-order valence-corrected chi connectivity index (χ0v) is 13.3. The van der Waals surface area contributed by atoms with E-state index < -0.39 is 0 Å². The fourth-order valence-electron chi connectivity index (χ4n) is 2.08. The summed E-state index contributed by atoms with van der Waals surface area (Å²) in [5.41, 5.74) is 2.35. The SMILES string of the molecule is Cc1cc(C)c(C(Cl)c2cccc(OC(C)C)c2)s1. The molecule has 0 N–H and O–H groups in total. The predicted molar refractivity (Wildman–Crippen MR) is 83.7 cm³/mol. The van der Waals surface area contributed by atoms with Crippen LogP contribution >= 0.6 is 22.9 Å². The second-order valence-corrected chi connectivity index (χ2v) is 6.73. The van der Waals surface area contributed by atoms with Gasteiger partial charge < -0.3 is 4.74 Å². The normalized spacial score (nSPS) is 12.7. The number of alkyl halides is 1. The van der Waals surface area contributed by atoms with Crippen LogP contribution in [0.25, 0.3) is 0 Å². The molecule has 0 aliphatic heterocycles. The third-order valence-corrected chi connectivity index (χ3v) is 4.65. The van der Waals surface area contributed by atoms with E-state index in [1.807, 2.05) is 32.0 Å². The second-order valence-electron chi connectivity index (χ2n) is 5.01. The number of hydrogen-bond donors (Lipinski definition) is 0. The Morgan fingerprint density at radius 3 is 2.47 bits per heavy atom. The quantitative estimate of drug-likeness (QED) is 0.678. The lowest BCUT2D eigenvalue weighted by Crippen LogP contribution is -2.05. The van der Waals surface area contributed by atoms with Crippen LogP contribution in [0.3, 0.4) is 0 Å². The van der Waals surface area contributed by atoms with Crippen molar-refractivity contribution in [1.82, 2.24) is 0 Å². The lowest BCUT2D eigenvalue weighted by Gasteiger charge is -2.13. The number of hydrogen-bond acceptors (Lipinski definition) is 2. The molecule has 1 heterocycles. The van der Waals surface area contributed by atoms with Crippen LogP contribution < -0.4 is 4.74 Å². The van der Waals surface area contributed by atoms with Crippen LogP contribution in [0.1, 0.15) is 40.1 Å². The summed E-state index contributed by atoms with van der Waals surface area (Å²) in [7, 11) is 0. The Morgan fingerprint density at radius 2 is 1.89 bits per heavy atom. The highest BCUT2D eigenvalue weighted by atomic mass is 35.5. The molecule has 2 aromatic rings. The van der Waals surface area contributed by atoms with Crippen molar-refractivity contribution in [2.75, 3.05) is 0 Å². The highest BCUT2D eigenvalue weighted by Gasteiger charge is 2.16. The minimum atomic E-state index is -0.102. The molecule has 0 spiro atoms. The highest BCUT2D eigenvalue weighted by Crippen LogP contribution is 2.37. The molecule has 102 valence electrons. The van der Waals surface area contributed by atoms with Crippen molar-refractivity contribution in [2.24, 2.45) is 0 Å². The molecular formula is C16H19ClOS. The minimum Gasteiger partial charge on any atom is -0.491 e. The molecule has 19 heavy (non-hydrogen) atoms. The molecule has 1 aromatic heterocycles. The van der Waals surface area contributed by atoms with Gasteiger partial charge in [0.25, 0.3) is 0 Å². The van der Waals surface area contributed by atoms with Gasteiger partial charge in [-0.15, -0.1) is 22.9 Å². The Balaban J connectivity index is 2.28. The van der Waals surface area contributed by atoms with Gasteiger partial charge in [-0.2, -0.15) is 0 Å². The van der Waals surface area contributed by atoms with E-state index in [1.165, 1.54) is 15.3 Å². The van der Waals surface area contributed by atoms with Crippen molar-refractivity contribution in [1.29, 1.82) is 0 Å². The molecule has 1 aromatic carbocycles. The Bertz CT molecular complexity index is 560. The highest BCUT2D eigenvalue weighted by molar-refractivity contribution is 7.12. The van der Waals surface area contributed by atoms with Crippen molar-refractivity contribution in [3.05, 3.63) is 51.2 Å². The topological polar surface area (TPSA) is 9.23 Å². The predicted octanol–water partition coefficient (Wildman–Crippen LogP) is 5.48. The summed E-state index contributed by atoms with van der Waals surface area (Å²) in [5, 5.41) is -0.102. The average Bonchev–Trinajstić information content (AvgIpc) is 2.67. The van der Waals surface area contributed by atoms with Gasteiger partial charge in [0.2, 0.25) is 0 Å². The van der Waals surface area contributed by atoms with Crippen LogP contribution in [0.15, 0.2) is 30.3 Å². The van der Waals surface area contributed by atoms with Crippen LogP contribution in [-0.2, 0) is 0 Å². The van der Waals surface area contributed by atoms with Crippen molar-refractivity contribution in [2.45, 2.75) is 39.2 Å². The van der Waals surface area contributed by atoms with Crippen molar-refractivity contribution in [3.63, 3.8) is 0 Å². The van der Waals surface area contributed by atoms with Gasteiger partial charge in [-0.05, 0) is 57.0 Å². The monoisotopic (exact) mass is 294 g/mol. The molecule has 1 unspecified atom stereocenters. The Hall–Kier alpha value is -0.990. The molecule has 0 fully saturated rings. The maximum Gasteiger partial charge on any atom is 0.120 e. The van der Waals surface area contributed by atoms with E-state index in [9.17, 15) is 0 Å². The van der Waals surface area contributed by atoms with E-state index in [1.54, 1.807) is 11.3 Å². The van der Waals surface area contributed by atoms with Crippen LogP contribution in [0.2, 0.25) is 0 Å². The molecule has 0 bridgehead atoms. The van der Waals surface area contributed by atoms with Crippen LogP contribution in [0.4, 0.5) is 0 Å². The van der Waals surface area contributed by atoms with Gasteiger partial charge in [0.15, 0.2) is 0 Å². The van der Waals surface area contributed by atoms with E-state index in [0.717, 1.165) is 11.3 Å². The van der Waals surface area contributed by atoms with Crippen LogP contribution in [0.5, 0.6) is 5.75 Å². The number of ether oxygens (including phenoxy) is 1. The van der Waals surface area contributed by atoms with Gasteiger partial charge in [0.1, 0.15) is 5.75 Å². The molecule has 0 amide bonds. The lowest BCUT2D eigenvalue weighted by molar-refractivity contribution is 0.242. The maximum absolute atomic E-state index is 6.61. The lowest BCUT2D eigenvalue weighted by atomic mass is 10.1. The molecule has 0 saturated heterocycles. The third-order valence-electron chi connectivity index (χ3n) is 2.83. The minimum absolute atomic E-state index is 0.102. The van der Waals surface area contributed by atoms with E-state index in [0.29, 0.717) is 0 Å². The summed E-state index contributed by atoms with van der Waals surface area (Å²) in [5.74, 6) is 0.879. The average molecular weight is 295 g/mol. The van der Waals surface area contributed by atoms with E-state index in [2.05, 4.69) is 26.0 Å². The standard InChI is InChI=1S/C16H19ClOS/c1-10(2)18-14-7-5-6-13(9-14)15(17)16-11(3)8-12(4)19-16/h5-10,15H,1-4H3. The first-order chi connectivity index (χ1) is 8.97. The number of halogens is 1. The zero-order valence-electron chi connectivity index (χ0n) is 11.7. The molecule has 0 aliphatic rings. The fourth-order valence-corrected chi connectivity index (χ4v) is 3.56.